The number of carbonyl (C=O) groups is 1. The fourth-order valence-corrected chi connectivity index (χ4v) is 2.78. The number of carbonyl (C=O) groups excluding carboxylic acids is 1. The van der Waals surface area contributed by atoms with Crippen LogP contribution < -0.4 is 0 Å². The average Bonchev–Trinajstić information content (AvgIpc) is 2.22. The minimum atomic E-state index is -1.42. The Morgan fingerprint density at radius 2 is 1.82 bits per heavy atom. The van der Waals surface area contributed by atoms with Gasteiger partial charge in [0.25, 0.3) is 0 Å². The molecule has 0 aromatic carbocycles. The SMILES string of the molecule is CCCCCOC(=O)CCCCCS(C)(Cl)Cl. The highest BCUT2D eigenvalue weighted by Crippen LogP contribution is 2.55. The van der Waals surface area contributed by atoms with Gasteiger partial charge in [-0.05, 0) is 25.5 Å². The summed E-state index contributed by atoms with van der Waals surface area (Å²) in [7, 11) is 10.4. The Bertz CT molecular complexity index is 205. The van der Waals surface area contributed by atoms with E-state index in [0.717, 1.165) is 44.3 Å². The van der Waals surface area contributed by atoms with Gasteiger partial charge in [-0.15, -0.1) is 0 Å². The molecule has 0 aliphatic heterocycles. The first kappa shape index (κ1) is 17.4. The number of hydrogen-bond acceptors (Lipinski definition) is 2. The fraction of sp³-hybridized carbons (Fsp3) is 0.917. The lowest BCUT2D eigenvalue weighted by atomic mass is 10.2. The van der Waals surface area contributed by atoms with E-state index in [1.807, 2.05) is 6.26 Å². The van der Waals surface area contributed by atoms with E-state index in [4.69, 9.17) is 26.1 Å². The van der Waals surface area contributed by atoms with Crippen LogP contribution >= 0.6 is 29.8 Å². The standard InChI is InChI=1S/C12H24Cl2O2S/c1-3-4-7-10-16-12(15)9-6-5-8-11-17(2,13)14/h3-11H2,1-2H3. The van der Waals surface area contributed by atoms with E-state index >= 15 is 0 Å². The van der Waals surface area contributed by atoms with Crippen LogP contribution in [0.3, 0.4) is 0 Å². The van der Waals surface area contributed by atoms with Crippen molar-refractivity contribution in [1.29, 1.82) is 0 Å². The molecule has 5 heteroatoms. The van der Waals surface area contributed by atoms with E-state index < -0.39 is 8.46 Å². The molecule has 0 amide bonds. The molecule has 0 aromatic heterocycles. The van der Waals surface area contributed by atoms with Gasteiger partial charge in [0.2, 0.25) is 0 Å². The second kappa shape index (κ2) is 10.3. The minimum absolute atomic E-state index is 0.0760. The maximum atomic E-state index is 11.3. The van der Waals surface area contributed by atoms with E-state index in [0.29, 0.717) is 13.0 Å². The summed E-state index contributed by atoms with van der Waals surface area (Å²) in [5.41, 5.74) is 0. The highest BCUT2D eigenvalue weighted by molar-refractivity contribution is 8.65. The van der Waals surface area contributed by atoms with Crippen molar-refractivity contribution < 1.29 is 9.53 Å². The van der Waals surface area contributed by atoms with Crippen molar-refractivity contribution in [2.75, 3.05) is 18.6 Å². The van der Waals surface area contributed by atoms with Crippen LogP contribution in [0.25, 0.3) is 0 Å². The van der Waals surface area contributed by atoms with Gasteiger partial charge in [0.05, 0.1) is 6.61 Å². The number of ether oxygens (including phenoxy) is 1. The van der Waals surface area contributed by atoms with Crippen LogP contribution in [0.2, 0.25) is 0 Å². The largest absolute Gasteiger partial charge is 0.466 e. The highest BCUT2D eigenvalue weighted by Gasteiger charge is 2.09. The molecule has 0 radical (unpaired) electrons. The summed E-state index contributed by atoms with van der Waals surface area (Å²) in [5.74, 6) is 0.773. The summed E-state index contributed by atoms with van der Waals surface area (Å²) >= 11 is 0. The van der Waals surface area contributed by atoms with Gasteiger partial charge >= 0.3 is 5.97 Å². The highest BCUT2D eigenvalue weighted by atomic mass is 36.0. The van der Waals surface area contributed by atoms with E-state index in [1.54, 1.807) is 0 Å². The molecule has 0 bridgehead atoms. The van der Waals surface area contributed by atoms with Gasteiger partial charge in [0.1, 0.15) is 0 Å². The molecular weight excluding hydrogens is 279 g/mol. The van der Waals surface area contributed by atoms with Gasteiger partial charge in [-0.2, -0.15) is 0 Å². The molecule has 0 atom stereocenters. The third-order valence-electron chi connectivity index (χ3n) is 2.39. The lowest BCUT2D eigenvalue weighted by molar-refractivity contribution is -0.143. The van der Waals surface area contributed by atoms with Gasteiger partial charge in [-0.1, -0.05) is 56.0 Å². The predicted octanol–water partition coefficient (Wildman–Crippen LogP) is 5.02. The van der Waals surface area contributed by atoms with Crippen molar-refractivity contribution in [3.05, 3.63) is 0 Å². The summed E-state index contributed by atoms with van der Waals surface area (Å²) < 4.78 is 5.11. The van der Waals surface area contributed by atoms with Crippen LogP contribution in [-0.2, 0) is 9.53 Å². The molecule has 0 saturated heterocycles. The Balaban J connectivity index is 3.28. The lowest BCUT2D eigenvalue weighted by Crippen LogP contribution is -2.05. The maximum absolute atomic E-state index is 11.3. The Kier molecular flexibility index (Phi) is 10.6. The van der Waals surface area contributed by atoms with Crippen LogP contribution in [0.15, 0.2) is 0 Å². The maximum Gasteiger partial charge on any atom is 0.305 e. The number of halogens is 2. The first-order valence-electron chi connectivity index (χ1n) is 6.26. The van der Waals surface area contributed by atoms with Crippen LogP contribution in [0.4, 0.5) is 0 Å². The van der Waals surface area contributed by atoms with Crippen molar-refractivity contribution in [1.82, 2.24) is 0 Å². The molecule has 17 heavy (non-hydrogen) atoms. The van der Waals surface area contributed by atoms with Crippen molar-refractivity contribution in [3.8, 4) is 0 Å². The summed E-state index contributed by atoms with van der Waals surface area (Å²) in [6.07, 6.45) is 8.49. The number of unbranched alkanes of at least 4 members (excludes halogenated alkanes) is 4. The van der Waals surface area contributed by atoms with E-state index in [1.165, 1.54) is 0 Å². The molecule has 0 heterocycles. The van der Waals surface area contributed by atoms with Gasteiger partial charge in [-0.25, -0.2) is 0 Å². The Morgan fingerprint density at radius 3 is 2.41 bits per heavy atom. The molecule has 0 aliphatic rings. The molecule has 0 aromatic rings. The quantitative estimate of drug-likeness (QED) is 0.418. The van der Waals surface area contributed by atoms with E-state index in [-0.39, 0.29) is 5.97 Å². The molecule has 104 valence electrons. The zero-order valence-electron chi connectivity index (χ0n) is 10.8. The molecular formula is C12H24Cl2O2S. The second-order valence-electron chi connectivity index (χ2n) is 4.32. The van der Waals surface area contributed by atoms with Crippen LogP contribution in [0, 0.1) is 0 Å². The van der Waals surface area contributed by atoms with Crippen LogP contribution in [0.5, 0.6) is 0 Å². The third-order valence-corrected chi connectivity index (χ3v) is 4.33. The Morgan fingerprint density at radius 1 is 1.12 bits per heavy atom. The average molecular weight is 303 g/mol. The van der Waals surface area contributed by atoms with Crippen molar-refractivity contribution >= 4 is 35.8 Å². The predicted molar refractivity (Wildman–Crippen MR) is 79.0 cm³/mol. The molecule has 2 nitrogen and oxygen atoms in total. The minimum Gasteiger partial charge on any atom is -0.466 e. The molecule has 0 saturated carbocycles. The van der Waals surface area contributed by atoms with Gasteiger partial charge in [0, 0.05) is 12.2 Å². The van der Waals surface area contributed by atoms with Gasteiger partial charge < -0.3 is 4.74 Å². The third kappa shape index (κ3) is 14.3. The number of rotatable bonds is 10. The zero-order chi connectivity index (χ0) is 13.1. The molecule has 0 fully saturated rings. The molecule has 0 N–H and O–H groups in total. The number of hydrogen-bond donors (Lipinski definition) is 0. The van der Waals surface area contributed by atoms with Crippen molar-refractivity contribution in [3.63, 3.8) is 0 Å². The molecule has 0 spiro atoms. The molecule has 0 aliphatic carbocycles. The number of esters is 1. The van der Waals surface area contributed by atoms with Gasteiger partial charge in [-0.3, -0.25) is 4.79 Å². The topological polar surface area (TPSA) is 26.3 Å². The summed E-state index contributed by atoms with van der Waals surface area (Å²) in [6.45, 7) is 2.70. The first-order chi connectivity index (χ1) is 7.95. The Hall–Kier alpha value is 0.400. The first-order valence-corrected chi connectivity index (χ1v) is 10.1. The summed E-state index contributed by atoms with van der Waals surface area (Å²) in [4.78, 5) is 11.3. The normalized spacial score (nSPS) is 12.5. The summed E-state index contributed by atoms with van der Waals surface area (Å²) in [5, 5.41) is 0. The smallest absolute Gasteiger partial charge is 0.305 e. The van der Waals surface area contributed by atoms with E-state index in [2.05, 4.69) is 6.92 Å². The Labute approximate surface area is 116 Å². The van der Waals surface area contributed by atoms with E-state index in [9.17, 15) is 4.79 Å². The second-order valence-corrected chi connectivity index (χ2v) is 11.0. The summed E-state index contributed by atoms with van der Waals surface area (Å²) in [6, 6.07) is 0. The monoisotopic (exact) mass is 302 g/mol. The van der Waals surface area contributed by atoms with Crippen molar-refractivity contribution in [2.45, 2.75) is 51.9 Å². The van der Waals surface area contributed by atoms with Crippen molar-refractivity contribution in [2.24, 2.45) is 0 Å². The zero-order valence-corrected chi connectivity index (χ0v) is 13.2. The van der Waals surface area contributed by atoms with Crippen LogP contribution in [0.1, 0.15) is 51.9 Å². The van der Waals surface area contributed by atoms with Crippen LogP contribution in [-0.4, -0.2) is 24.6 Å². The molecule has 0 rings (SSSR count). The van der Waals surface area contributed by atoms with Gasteiger partial charge in [0.15, 0.2) is 0 Å². The fourth-order valence-electron chi connectivity index (χ4n) is 1.41. The lowest BCUT2D eigenvalue weighted by Gasteiger charge is -2.17. The molecule has 0 unspecified atom stereocenters.